The molecule has 1 saturated carbocycles. The molecule has 1 aliphatic rings. The zero-order chi connectivity index (χ0) is 13.0. The number of hydrogen-bond acceptors (Lipinski definition) is 4. The topological polar surface area (TPSA) is 81.2 Å². The van der Waals surface area contributed by atoms with Crippen molar-refractivity contribution in [3.05, 3.63) is 17.8 Å². The van der Waals surface area contributed by atoms with Crippen molar-refractivity contribution in [1.82, 2.24) is 10.3 Å². The highest BCUT2D eigenvalue weighted by Gasteiger charge is 2.21. The summed E-state index contributed by atoms with van der Waals surface area (Å²) in [6.07, 6.45) is 6.45. The summed E-state index contributed by atoms with van der Waals surface area (Å²) in [7, 11) is 0. The lowest BCUT2D eigenvalue weighted by atomic mass is 9.87. The van der Waals surface area contributed by atoms with Crippen LogP contribution in [-0.2, 0) is 6.42 Å². The van der Waals surface area contributed by atoms with Gasteiger partial charge in [0.2, 0.25) is 0 Å². The second-order valence-electron chi connectivity index (χ2n) is 5.10. The molecular formula is C13H21N3O2. The quantitative estimate of drug-likeness (QED) is 0.849. The lowest BCUT2D eigenvalue weighted by Crippen LogP contribution is -2.37. The average molecular weight is 251 g/mol. The number of carbonyl (C=O) groups excluding carboxylic acids is 1. The molecule has 100 valence electrons. The largest absolute Gasteiger partial charge is 0.448 e. The van der Waals surface area contributed by atoms with Crippen LogP contribution in [0.3, 0.4) is 0 Å². The van der Waals surface area contributed by atoms with E-state index in [1.165, 1.54) is 19.1 Å². The summed E-state index contributed by atoms with van der Waals surface area (Å²) in [5.74, 6) is 1.17. The van der Waals surface area contributed by atoms with E-state index in [9.17, 15) is 4.79 Å². The zero-order valence-electron chi connectivity index (χ0n) is 10.8. The number of nitrogens with one attached hydrogen (secondary N) is 1. The molecule has 1 heterocycles. The molecule has 0 aliphatic heterocycles. The molecule has 1 amide bonds. The van der Waals surface area contributed by atoms with Crippen molar-refractivity contribution in [3.8, 4) is 0 Å². The van der Waals surface area contributed by atoms with E-state index in [1.54, 1.807) is 0 Å². The molecule has 1 aliphatic carbocycles. The number of oxazole rings is 1. The van der Waals surface area contributed by atoms with Crippen molar-refractivity contribution < 1.29 is 9.21 Å². The van der Waals surface area contributed by atoms with E-state index in [2.05, 4.69) is 17.2 Å². The summed E-state index contributed by atoms with van der Waals surface area (Å²) in [4.78, 5) is 16.1. The second kappa shape index (κ2) is 6.00. The van der Waals surface area contributed by atoms with E-state index in [4.69, 9.17) is 10.2 Å². The second-order valence-corrected chi connectivity index (χ2v) is 5.10. The minimum absolute atomic E-state index is 0.137. The Morgan fingerprint density at radius 2 is 2.22 bits per heavy atom. The standard InChI is InChI=1S/C13H21N3O2/c1-9-2-4-10(5-3-9)15-13(17)11-8-18-12(16-11)6-7-14/h8-10H,2-7,14H2,1H3,(H,15,17). The maximum Gasteiger partial charge on any atom is 0.273 e. The smallest absolute Gasteiger partial charge is 0.273 e. The molecule has 0 spiro atoms. The van der Waals surface area contributed by atoms with E-state index in [1.807, 2.05) is 0 Å². The van der Waals surface area contributed by atoms with E-state index >= 15 is 0 Å². The van der Waals surface area contributed by atoms with Crippen LogP contribution in [0.15, 0.2) is 10.7 Å². The molecule has 1 aromatic heterocycles. The van der Waals surface area contributed by atoms with Crippen molar-refractivity contribution in [1.29, 1.82) is 0 Å². The summed E-state index contributed by atoms with van der Waals surface area (Å²) in [5, 5.41) is 3.02. The van der Waals surface area contributed by atoms with Gasteiger partial charge in [-0.1, -0.05) is 6.92 Å². The van der Waals surface area contributed by atoms with Crippen LogP contribution in [0.2, 0.25) is 0 Å². The molecule has 0 atom stereocenters. The maximum absolute atomic E-state index is 11.9. The minimum Gasteiger partial charge on any atom is -0.448 e. The summed E-state index contributed by atoms with van der Waals surface area (Å²) >= 11 is 0. The Labute approximate surface area is 107 Å². The molecule has 5 nitrogen and oxygen atoms in total. The normalized spacial score (nSPS) is 23.9. The van der Waals surface area contributed by atoms with Crippen molar-refractivity contribution in [3.63, 3.8) is 0 Å². The Hall–Kier alpha value is -1.36. The van der Waals surface area contributed by atoms with Gasteiger partial charge in [-0.3, -0.25) is 4.79 Å². The highest BCUT2D eigenvalue weighted by Crippen LogP contribution is 2.23. The highest BCUT2D eigenvalue weighted by atomic mass is 16.3. The number of nitrogens with two attached hydrogens (primary N) is 1. The Morgan fingerprint density at radius 3 is 2.89 bits per heavy atom. The first-order valence-corrected chi connectivity index (χ1v) is 6.64. The fourth-order valence-electron chi connectivity index (χ4n) is 2.32. The van der Waals surface area contributed by atoms with Crippen LogP contribution >= 0.6 is 0 Å². The molecule has 1 fully saturated rings. The monoisotopic (exact) mass is 251 g/mol. The number of amides is 1. The zero-order valence-corrected chi connectivity index (χ0v) is 10.8. The van der Waals surface area contributed by atoms with Gasteiger partial charge in [-0.25, -0.2) is 4.98 Å². The molecule has 18 heavy (non-hydrogen) atoms. The number of rotatable bonds is 4. The fourth-order valence-corrected chi connectivity index (χ4v) is 2.32. The van der Waals surface area contributed by atoms with Crippen LogP contribution in [-0.4, -0.2) is 23.5 Å². The van der Waals surface area contributed by atoms with E-state index in [-0.39, 0.29) is 11.9 Å². The van der Waals surface area contributed by atoms with Gasteiger partial charge in [0.15, 0.2) is 11.6 Å². The minimum atomic E-state index is -0.137. The molecular weight excluding hydrogens is 230 g/mol. The molecule has 2 rings (SSSR count). The Morgan fingerprint density at radius 1 is 1.50 bits per heavy atom. The first kappa shape index (κ1) is 13.1. The Kier molecular flexibility index (Phi) is 4.36. The van der Waals surface area contributed by atoms with Gasteiger partial charge in [-0.15, -0.1) is 0 Å². The summed E-state index contributed by atoms with van der Waals surface area (Å²) in [6.45, 7) is 2.73. The highest BCUT2D eigenvalue weighted by molar-refractivity contribution is 5.92. The first-order chi connectivity index (χ1) is 8.69. The van der Waals surface area contributed by atoms with Crippen LogP contribution in [0, 0.1) is 5.92 Å². The molecule has 0 saturated heterocycles. The fraction of sp³-hybridized carbons (Fsp3) is 0.692. The van der Waals surface area contributed by atoms with Crippen LogP contribution in [0.5, 0.6) is 0 Å². The van der Waals surface area contributed by atoms with E-state index in [0.29, 0.717) is 24.6 Å². The summed E-state index contributed by atoms with van der Waals surface area (Å²) in [6, 6.07) is 0.281. The molecule has 1 aromatic rings. The Balaban J connectivity index is 1.86. The third-order valence-corrected chi connectivity index (χ3v) is 3.49. The lowest BCUT2D eigenvalue weighted by Gasteiger charge is -2.26. The van der Waals surface area contributed by atoms with Crippen LogP contribution < -0.4 is 11.1 Å². The Bertz CT molecular complexity index is 395. The van der Waals surface area contributed by atoms with Gasteiger partial charge >= 0.3 is 0 Å². The van der Waals surface area contributed by atoms with Crippen molar-refractivity contribution in [2.45, 2.75) is 45.1 Å². The SMILES string of the molecule is CC1CCC(NC(=O)c2coc(CCN)n2)CC1. The molecule has 3 N–H and O–H groups in total. The predicted octanol–water partition coefficient (Wildman–Crippen LogP) is 1.48. The van der Waals surface area contributed by atoms with Gasteiger partial charge in [0.05, 0.1) is 0 Å². The van der Waals surface area contributed by atoms with Gasteiger partial charge < -0.3 is 15.5 Å². The summed E-state index contributed by atoms with van der Waals surface area (Å²) < 4.78 is 5.18. The summed E-state index contributed by atoms with van der Waals surface area (Å²) in [5.41, 5.74) is 5.77. The van der Waals surface area contributed by atoms with Crippen molar-refractivity contribution in [2.75, 3.05) is 6.54 Å². The van der Waals surface area contributed by atoms with Crippen molar-refractivity contribution >= 4 is 5.91 Å². The number of carbonyl (C=O) groups is 1. The van der Waals surface area contributed by atoms with Gasteiger partial charge in [0.1, 0.15) is 6.26 Å². The number of hydrogen-bond donors (Lipinski definition) is 2. The van der Waals surface area contributed by atoms with Crippen LogP contribution in [0.1, 0.15) is 49.0 Å². The first-order valence-electron chi connectivity index (χ1n) is 6.64. The molecule has 0 unspecified atom stereocenters. The van der Waals surface area contributed by atoms with Crippen LogP contribution in [0.25, 0.3) is 0 Å². The van der Waals surface area contributed by atoms with Crippen molar-refractivity contribution in [2.24, 2.45) is 11.7 Å². The molecule has 0 aromatic carbocycles. The third kappa shape index (κ3) is 3.32. The lowest BCUT2D eigenvalue weighted by molar-refractivity contribution is 0.0918. The van der Waals surface area contributed by atoms with Gasteiger partial charge in [0, 0.05) is 19.0 Å². The van der Waals surface area contributed by atoms with Gasteiger partial charge in [0.25, 0.3) is 5.91 Å². The van der Waals surface area contributed by atoms with Gasteiger partial charge in [-0.2, -0.15) is 0 Å². The third-order valence-electron chi connectivity index (χ3n) is 3.49. The van der Waals surface area contributed by atoms with Gasteiger partial charge in [-0.05, 0) is 31.6 Å². The maximum atomic E-state index is 11.9. The molecule has 0 radical (unpaired) electrons. The molecule has 0 bridgehead atoms. The van der Waals surface area contributed by atoms with E-state index < -0.39 is 0 Å². The van der Waals surface area contributed by atoms with Crippen LogP contribution in [0.4, 0.5) is 0 Å². The molecule has 5 heteroatoms. The average Bonchev–Trinajstić information content (AvgIpc) is 2.81. The number of nitrogens with zero attached hydrogens (tertiary/aromatic N) is 1. The number of aromatic nitrogens is 1. The predicted molar refractivity (Wildman–Crippen MR) is 68.1 cm³/mol. The van der Waals surface area contributed by atoms with E-state index in [0.717, 1.165) is 18.8 Å².